The molecule has 0 fully saturated rings. The van der Waals surface area contributed by atoms with Crippen LogP contribution in [-0.2, 0) is 0 Å². The van der Waals surface area contributed by atoms with Crippen LogP contribution in [0.5, 0.6) is 0 Å². The van der Waals surface area contributed by atoms with Crippen LogP contribution in [0.15, 0.2) is 40.9 Å². The summed E-state index contributed by atoms with van der Waals surface area (Å²) in [5, 5.41) is 11.9. The van der Waals surface area contributed by atoms with Crippen molar-refractivity contribution >= 4 is 38.3 Å². The highest BCUT2D eigenvalue weighted by atomic mass is 79.9. The molecule has 0 radical (unpaired) electrons. The zero-order valence-electron chi connectivity index (χ0n) is 7.95. The van der Waals surface area contributed by atoms with E-state index >= 15 is 0 Å². The molecule has 0 aliphatic carbocycles. The Balaban J connectivity index is 2.71. The fourth-order valence-corrected chi connectivity index (χ4v) is 2.30. The number of aliphatic hydroxyl groups is 1. The minimum absolute atomic E-state index is 0.214. The molecule has 3 heteroatoms. The Hall–Kier alpha value is -0.570. The van der Waals surface area contributed by atoms with Crippen LogP contribution < -0.4 is 0 Å². The minimum Gasteiger partial charge on any atom is -0.387 e. The summed E-state index contributed by atoms with van der Waals surface area (Å²) in [5.41, 5.74) is 0.879. The van der Waals surface area contributed by atoms with E-state index in [0.717, 1.165) is 20.8 Å². The molecule has 0 bridgehead atoms. The van der Waals surface area contributed by atoms with Gasteiger partial charge >= 0.3 is 0 Å². The monoisotopic (exact) mass is 284 g/mol. The van der Waals surface area contributed by atoms with Crippen molar-refractivity contribution in [3.8, 4) is 0 Å². The van der Waals surface area contributed by atoms with Gasteiger partial charge in [-0.25, -0.2) is 0 Å². The van der Waals surface area contributed by atoms with E-state index in [1.165, 1.54) is 0 Å². The van der Waals surface area contributed by atoms with Crippen LogP contribution in [0.25, 0.3) is 10.8 Å². The Bertz CT molecular complexity index is 484. The molecule has 0 saturated carbocycles. The zero-order valence-corrected chi connectivity index (χ0v) is 10.3. The van der Waals surface area contributed by atoms with Crippen molar-refractivity contribution in [2.24, 2.45) is 0 Å². The molecule has 15 heavy (non-hydrogen) atoms. The van der Waals surface area contributed by atoms with Crippen molar-refractivity contribution in [3.05, 3.63) is 46.4 Å². The zero-order chi connectivity index (χ0) is 10.8. The van der Waals surface area contributed by atoms with E-state index in [4.69, 9.17) is 11.6 Å². The minimum atomic E-state index is -0.607. The topological polar surface area (TPSA) is 20.2 Å². The van der Waals surface area contributed by atoms with Gasteiger partial charge in [0, 0.05) is 4.47 Å². The van der Waals surface area contributed by atoms with Crippen LogP contribution in [0.3, 0.4) is 0 Å². The summed E-state index contributed by atoms with van der Waals surface area (Å²) in [5.74, 6) is 0.214. The van der Waals surface area contributed by atoms with Gasteiger partial charge in [0.2, 0.25) is 0 Å². The van der Waals surface area contributed by atoms with Gasteiger partial charge in [0.1, 0.15) is 0 Å². The number of fused-ring (bicyclic) bond motifs is 1. The fourth-order valence-electron chi connectivity index (χ4n) is 1.66. The van der Waals surface area contributed by atoms with E-state index in [1.54, 1.807) is 0 Å². The second kappa shape index (κ2) is 4.52. The summed E-state index contributed by atoms with van der Waals surface area (Å²) in [7, 11) is 0. The highest BCUT2D eigenvalue weighted by Gasteiger charge is 2.10. The molecule has 0 aliphatic heterocycles. The molecule has 0 amide bonds. The van der Waals surface area contributed by atoms with E-state index < -0.39 is 6.10 Å². The largest absolute Gasteiger partial charge is 0.387 e. The third-order valence-corrected chi connectivity index (χ3v) is 3.39. The summed E-state index contributed by atoms with van der Waals surface area (Å²) < 4.78 is 1.03. The number of alkyl halides is 1. The van der Waals surface area contributed by atoms with Crippen LogP contribution in [0.1, 0.15) is 11.7 Å². The molecule has 0 aliphatic rings. The first-order valence-electron chi connectivity index (χ1n) is 4.65. The lowest BCUT2D eigenvalue weighted by Crippen LogP contribution is -1.99. The van der Waals surface area contributed by atoms with E-state index in [9.17, 15) is 5.11 Å². The molecule has 1 N–H and O–H groups in total. The second-order valence-corrected chi connectivity index (χ2v) is 4.52. The molecular weight excluding hydrogens is 275 g/mol. The Morgan fingerprint density at radius 2 is 1.80 bits per heavy atom. The first-order chi connectivity index (χ1) is 7.24. The Labute approximate surface area is 102 Å². The molecule has 0 heterocycles. The number of hydrogen-bond acceptors (Lipinski definition) is 1. The van der Waals surface area contributed by atoms with E-state index in [-0.39, 0.29) is 5.88 Å². The maximum absolute atomic E-state index is 9.77. The summed E-state index contributed by atoms with van der Waals surface area (Å²) in [6.07, 6.45) is -0.607. The van der Waals surface area contributed by atoms with Crippen molar-refractivity contribution < 1.29 is 5.11 Å². The van der Waals surface area contributed by atoms with Gasteiger partial charge in [-0.15, -0.1) is 11.6 Å². The standard InChI is InChI=1S/C12H10BrClO/c13-11-6-5-10(12(15)7-14)8-3-1-2-4-9(8)11/h1-6,12,15H,7H2/t12-/m0/s1. The van der Waals surface area contributed by atoms with Crippen molar-refractivity contribution in [1.82, 2.24) is 0 Å². The summed E-state index contributed by atoms with van der Waals surface area (Å²) in [4.78, 5) is 0. The molecule has 2 aromatic carbocycles. The number of aliphatic hydroxyl groups excluding tert-OH is 1. The predicted molar refractivity (Wildman–Crippen MR) is 67.3 cm³/mol. The summed E-state index contributed by atoms with van der Waals surface area (Å²) >= 11 is 9.15. The van der Waals surface area contributed by atoms with Crippen molar-refractivity contribution in [2.45, 2.75) is 6.10 Å². The van der Waals surface area contributed by atoms with Crippen LogP contribution in [0.2, 0.25) is 0 Å². The van der Waals surface area contributed by atoms with Gasteiger partial charge in [0.15, 0.2) is 0 Å². The van der Waals surface area contributed by atoms with Gasteiger partial charge in [-0.1, -0.05) is 46.3 Å². The van der Waals surface area contributed by atoms with Gasteiger partial charge in [-0.05, 0) is 22.4 Å². The maximum atomic E-state index is 9.77. The molecular formula is C12H10BrClO. The average Bonchev–Trinajstić information content (AvgIpc) is 2.29. The SMILES string of the molecule is O[C@@H](CCl)c1ccc(Br)c2ccccc12. The molecule has 0 unspecified atom stereocenters. The lowest BCUT2D eigenvalue weighted by molar-refractivity contribution is 0.204. The first kappa shape index (κ1) is 10.9. The van der Waals surface area contributed by atoms with Gasteiger partial charge in [0.25, 0.3) is 0 Å². The summed E-state index contributed by atoms with van der Waals surface area (Å²) in [6.45, 7) is 0. The van der Waals surface area contributed by atoms with Gasteiger partial charge < -0.3 is 5.11 Å². The lowest BCUT2D eigenvalue weighted by atomic mass is 10.0. The Morgan fingerprint density at radius 1 is 1.13 bits per heavy atom. The van der Waals surface area contributed by atoms with Gasteiger partial charge in [-0.2, -0.15) is 0 Å². The number of rotatable bonds is 2. The molecule has 1 nitrogen and oxygen atoms in total. The number of hydrogen-bond donors (Lipinski definition) is 1. The van der Waals surface area contributed by atoms with Crippen LogP contribution in [0.4, 0.5) is 0 Å². The van der Waals surface area contributed by atoms with Gasteiger partial charge in [-0.3, -0.25) is 0 Å². The van der Waals surface area contributed by atoms with Crippen molar-refractivity contribution in [3.63, 3.8) is 0 Å². The van der Waals surface area contributed by atoms with Crippen LogP contribution in [-0.4, -0.2) is 11.0 Å². The van der Waals surface area contributed by atoms with E-state index in [2.05, 4.69) is 15.9 Å². The predicted octanol–water partition coefficient (Wildman–Crippen LogP) is 3.87. The number of halogens is 2. The van der Waals surface area contributed by atoms with E-state index in [1.807, 2.05) is 36.4 Å². The fraction of sp³-hybridized carbons (Fsp3) is 0.167. The molecule has 0 saturated heterocycles. The Kier molecular flexibility index (Phi) is 3.29. The molecule has 78 valence electrons. The molecule has 2 rings (SSSR count). The quantitative estimate of drug-likeness (QED) is 0.830. The maximum Gasteiger partial charge on any atom is 0.0931 e. The highest BCUT2D eigenvalue weighted by molar-refractivity contribution is 9.10. The molecule has 2 aromatic rings. The number of benzene rings is 2. The second-order valence-electron chi connectivity index (χ2n) is 3.35. The third kappa shape index (κ3) is 2.03. The van der Waals surface area contributed by atoms with Gasteiger partial charge in [0.05, 0.1) is 12.0 Å². The average molecular weight is 286 g/mol. The summed E-state index contributed by atoms with van der Waals surface area (Å²) in [6, 6.07) is 11.8. The molecule has 0 spiro atoms. The first-order valence-corrected chi connectivity index (χ1v) is 5.98. The smallest absolute Gasteiger partial charge is 0.0931 e. The lowest BCUT2D eigenvalue weighted by Gasteiger charge is -2.11. The van der Waals surface area contributed by atoms with Crippen LogP contribution >= 0.6 is 27.5 Å². The molecule has 0 aromatic heterocycles. The third-order valence-electron chi connectivity index (χ3n) is 2.41. The van der Waals surface area contributed by atoms with E-state index in [0.29, 0.717) is 0 Å². The Morgan fingerprint density at radius 3 is 2.47 bits per heavy atom. The van der Waals surface area contributed by atoms with Crippen molar-refractivity contribution in [1.29, 1.82) is 0 Å². The molecule has 1 atom stereocenters. The van der Waals surface area contributed by atoms with Crippen LogP contribution in [0, 0.1) is 0 Å². The van der Waals surface area contributed by atoms with Crippen molar-refractivity contribution in [2.75, 3.05) is 5.88 Å². The highest BCUT2D eigenvalue weighted by Crippen LogP contribution is 2.30. The normalized spacial score (nSPS) is 13.0.